The average Bonchev–Trinajstić information content (AvgIpc) is 2.94. The molecule has 0 spiro atoms. The van der Waals surface area contributed by atoms with Gasteiger partial charge in [-0.1, -0.05) is 26.0 Å². The van der Waals surface area contributed by atoms with Gasteiger partial charge in [0.15, 0.2) is 0 Å². The van der Waals surface area contributed by atoms with Crippen molar-refractivity contribution in [1.82, 2.24) is 5.32 Å². The third-order valence-electron chi connectivity index (χ3n) is 4.67. The second kappa shape index (κ2) is 4.82. The molecule has 3 rings (SSSR count). The SMILES string of the molecule is CC(NC1CCC(C)(C)C1)c1ccc2c(c1)CCO2. The van der Waals surface area contributed by atoms with Gasteiger partial charge in [0, 0.05) is 18.5 Å². The highest BCUT2D eigenvalue weighted by molar-refractivity contribution is 5.40. The third kappa shape index (κ3) is 2.79. The molecule has 1 aliphatic heterocycles. The molecular weight excluding hydrogens is 234 g/mol. The Hall–Kier alpha value is -1.02. The van der Waals surface area contributed by atoms with Crippen LogP contribution < -0.4 is 10.1 Å². The Kier molecular flexibility index (Phi) is 3.30. The van der Waals surface area contributed by atoms with E-state index in [4.69, 9.17) is 4.74 Å². The van der Waals surface area contributed by atoms with Gasteiger partial charge >= 0.3 is 0 Å². The van der Waals surface area contributed by atoms with E-state index in [2.05, 4.69) is 44.3 Å². The summed E-state index contributed by atoms with van der Waals surface area (Å²) in [5.41, 5.74) is 3.29. The van der Waals surface area contributed by atoms with Gasteiger partial charge in [-0.25, -0.2) is 0 Å². The normalized spacial score (nSPS) is 25.9. The molecule has 2 heteroatoms. The van der Waals surface area contributed by atoms with Crippen LogP contribution in [-0.4, -0.2) is 12.6 Å². The van der Waals surface area contributed by atoms with Crippen molar-refractivity contribution in [2.45, 2.75) is 58.5 Å². The zero-order chi connectivity index (χ0) is 13.5. The van der Waals surface area contributed by atoms with E-state index in [1.807, 2.05) is 0 Å². The largest absolute Gasteiger partial charge is 0.493 e. The fraction of sp³-hybridized carbons (Fsp3) is 0.647. The van der Waals surface area contributed by atoms with Gasteiger partial charge in [0.2, 0.25) is 0 Å². The minimum atomic E-state index is 0.435. The smallest absolute Gasteiger partial charge is 0.122 e. The van der Waals surface area contributed by atoms with Crippen LogP contribution >= 0.6 is 0 Å². The topological polar surface area (TPSA) is 21.3 Å². The van der Waals surface area contributed by atoms with Crippen LogP contribution in [0, 0.1) is 5.41 Å². The first-order valence-corrected chi connectivity index (χ1v) is 7.55. The lowest BCUT2D eigenvalue weighted by molar-refractivity contribution is 0.355. The van der Waals surface area contributed by atoms with Crippen LogP contribution in [0.1, 0.15) is 57.2 Å². The van der Waals surface area contributed by atoms with E-state index < -0.39 is 0 Å². The number of hydrogen-bond donors (Lipinski definition) is 1. The van der Waals surface area contributed by atoms with Crippen molar-refractivity contribution in [3.63, 3.8) is 0 Å². The molecule has 0 saturated heterocycles. The van der Waals surface area contributed by atoms with E-state index in [-0.39, 0.29) is 0 Å². The minimum Gasteiger partial charge on any atom is -0.493 e. The highest BCUT2D eigenvalue weighted by atomic mass is 16.5. The zero-order valence-electron chi connectivity index (χ0n) is 12.3. The number of ether oxygens (including phenoxy) is 1. The number of fused-ring (bicyclic) bond motifs is 1. The minimum absolute atomic E-state index is 0.435. The Morgan fingerprint density at radius 3 is 2.95 bits per heavy atom. The van der Waals surface area contributed by atoms with Crippen molar-refractivity contribution in [3.05, 3.63) is 29.3 Å². The van der Waals surface area contributed by atoms with Gasteiger partial charge in [0.05, 0.1) is 6.61 Å². The summed E-state index contributed by atoms with van der Waals surface area (Å²) in [6.45, 7) is 7.89. The Morgan fingerprint density at radius 1 is 1.37 bits per heavy atom. The first-order chi connectivity index (χ1) is 9.03. The first-order valence-electron chi connectivity index (χ1n) is 7.55. The molecule has 1 aliphatic carbocycles. The molecule has 0 amide bonds. The molecule has 1 saturated carbocycles. The zero-order valence-corrected chi connectivity index (χ0v) is 12.3. The Morgan fingerprint density at radius 2 is 2.21 bits per heavy atom. The van der Waals surface area contributed by atoms with E-state index in [0.29, 0.717) is 17.5 Å². The summed E-state index contributed by atoms with van der Waals surface area (Å²) >= 11 is 0. The fourth-order valence-electron chi connectivity index (χ4n) is 3.50. The molecule has 1 N–H and O–H groups in total. The molecular formula is C17H25NO. The Labute approximate surface area is 116 Å². The molecule has 2 nitrogen and oxygen atoms in total. The van der Waals surface area contributed by atoms with Crippen LogP contribution in [0.2, 0.25) is 0 Å². The van der Waals surface area contributed by atoms with Gasteiger partial charge in [0.1, 0.15) is 5.75 Å². The summed E-state index contributed by atoms with van der Waals surface area (Å²) in [4.78, 5) is 0. The molecule has 104 valence electrons. The number of hydrogen-bond acceptors (Lipinski definition) is 2. The highest BCUT2D eigenvalue weighted by Crippen LogP contribution is 2.38. The predicted molar refractivity (Wildman–Crippen MR) is 78.6 cm³/mol. The third-order valence-corrected chi connectivity index (χ3v) is 4.67. The van der Waals surface area contributed by atoms with Crippen LogP contribution in [0.15, 0.2) is 18.2 Å². The van der Waals surface area contributed by atoms with Crippen LogP contribution in [0.3, 0.4) is 0 Å². The molecule has 0 aromatic heterocycles. The van der Waals surface area contributed by atoms with Gasteiger partial charge in [-0.2, -0.15) is 0 Å². The van der Waals surface area contributed by atoms with Crippen molar-refractivity contribution in [2.75, 3.05) is 6.61 Å². The number of rotatable bonds is 3. The van der Waals surface area contributed by atoms with Gasteiger partial charge in [-0.3, -0.25) is 0 Å². The first kappa shape index (κ1) is 13.0. The highest BCUT2D eigenvalue weighted by Gasteiger charge is 2.31. The summed E-state index contributed by atoms with van der Waals surface area (Å²) in [5.74, 6) is 1.08. The van der Waals surface area contributed by atoms with Crippen molar-refractivity contribution in [3.8, 4) is 5.75 Å². The van der Waals surface area contributed by atoms with E-state index in [0.717, 1.165) is 18.8 Å². The molecule has 2 aliphatic rings. The second-order valence-corrected chi connectivity index (χ2v) is 6.96. The predicted octanol–water partition coefficient (Wildman–Crippen LogP) is 3.85. The maximum absolute atomic E-state index is 5.57. The van der Waals surface area contributed by atoms with Crippen LogP contribution in [0.25, 0.3) is 0 Å². The van der Waals surface area contributed by atoms with Gasteiger partial charge < -0.3 is 10.1 Å². The van der Waals surface area contributed by atoms with Crippen LogP contribution in [0.4, 0.5) is 0 Å². The standard InChI is InChI=1S/C17H25NO/c1-12(18-15-6-8-17(2,3)11-15)13-4-5-16-14(10-13)7-9-19-16/h4-5,10,12,15,18H,6-9,11H2,1-3H3. The maximum Gasteiger partial charge on any atom is 0.122 e. The van der Waals surface area contributed by atoms with Gasteiger partial charge in [0.25, 0.3) is 0 Å². The average molecular weight is 259 g/mol. The van der Waals surface area contributed by atoms with Crippen molar-refractivity contribution in [2.24, 2.45) is 5.41 Å². The van der Waals surface area contributed by atoms with E-state index in [9.17, 15) is 0 Å². The molecule has 2 unspecified atom stereocenters. The Bertz CT molecular complexity index is 466. The molecule has 1 fully saturated rings. The van der Waals surface area contributed by atoms with E-state index in [1.165, 1.54) is 30.4 Å². The van der Waals surface area contributed by atoms with E-state index in [1.54, 1.807) is 0 Å². The second-order valence-electron chi connectivity index (χ2n) is 6.96. The summed E-state index contributed by atoms with van der Waals surface area (Å²) in [5, 5.41) is 3.80. The lowest BCUT2D eigenvalue weighted by atomic mass is 9.91. The molecule has 1 heterocycles. The summed E-state index contributed by atoms with van der Waals surface area (Å²) in [6.07, 6.45) is 5.01. The summed E-state index contributed by atoms with van der Waals surface area (Å²) < 4.78 is 5.57. The molecule has 2 atom stereocenters. The molecule has 0 bridgehead atoms. The summed E-state index contributed by atoms with van der Waals surface area (Å²) in [7, 11) is 0. The van der Waals surface area contributed by atoms with E-state index >= 15 is 0 Å². The molecule has 0 radical (unpaired) electrons. The number of nitrogens with one attached hydrogen (secondary N) is 1. The van der Waals surface area contributed by atoms with Gasteiger partial charge in [-0.15, -0.1) is 0 Å². The molecule has 19 heavy (non-hydrogen) atoms. The van der Waals surface area contributed by atoms with Crippen LogP contribution in [0.5, 0.6) is 5.75 Å². The van der Waals surface area contributed by atoms with Crippen molar-refractivity contribution in [1.29, 1.82) is 0 Å². The Balaban J connectivity index is 1.66. The lowest BCUT2D eigenvalue weighted by Crippen LogP contribution is -2.30. The summed E-state index contributed by atoms with van der Waals surface area (Å²) in [6, 6.07) is 7.77. The van der Waals surface area contributed by atoms with Crippen molar-refractivity contribution >= 4 is 0 Å². The maximum atomic E-state index is 5.57. The number of benzene rings is 1. The lowest BCUT2D eigenvalue weighted by Gasteiger charge is -2.22. The van der Waals surface area contributed by atoms with Gasteiger partial charge in [-0.05, 0) is 48.8 Å². The monoisotopic (exact) mass is 259 g/mol. The van der Waals surface area contributed by atoms with Crippen molar-refractivity contribution < 1.29 is 4.74 Å². The van der Waals surface area contributed by atoms with Crippen LogP contribution in [-0.2, 0) is 6.42 Å². The fourth-order valence-corrected chi connectivity index (χ4v) is 3.50. The molecule has 1 aromatic carbocycles. The quantitative estimate of drug-likeness (QED) is 0.890. The molecule has 1 aromatic rings.